The van der Waals surface area contributed by atoms with E-state index < -0.39 is 12.2 Å². The molecular formula is C18H20N2O5S. The molecule has 1 aromatic rings. The second kappa shape index (κ2) is 9.67. The van der Waals surface area contributed by atoms with Gasteiger partial charge in [0.1, 0.15) is 13.2 Å². The molecule has 0 radical (unpaired) electrons. The lowest BCUT2D eigenvalue weighted by atomic mass is 10.2. The number of hydrogen-bond acceptors (Lipinski definition) is 6. The molecule has 1 heterocycles. The summed E-state index contributed by atoms with van der Waals surface area (Å²) in [6, 6.07) is 8.82. The average molecular weight is 376 g/mol. The number of amides is 2. The monoisotopic (exact) mass is 376 g/mol. The molecule has 2 amide bonds. The van der Waals surface area contributed by atoms with E-state index in [4.69, 9.17) is 9.47 Å². The topological polar surface area (TPSA) is 76.2 Å². The van der Waals surface area contributed by atoms with Gasteiger partial charge in [0.15, 0.2) is 0 Å². The zero-order chi connectivity index (χ0) is 18.9. The van der Waals surface area contributed by atoms with E-state index in [9.17, 15) is 14.4 Å². The van der Waals surface area contributed by atoms with Crippen LogP contribution in [0.15, 0.2) is 55.6 Å². The van der Waals surface area contributed by atoms with Crippen molar-refractivity contribution in [2.75, 3.05) is 26.3 Å². The van der Waals surface area contributed by atoms with E-state index in [1.54, 1.807) is 24.3 Å². The van der Waals surface area contributed by atoms with Crippen molar-refractivity contribution in [1.82, 2.24) is 10.0 Å². The molecule has 0 bridgehead atoms. The molecule has 1 aliphatic rings. The Morgan fingerprint density at radius 3 is 1.96 bits per heavy atom. The minimum Gasteiger partial charge on any atom is -0.444 e. The largest absolute Gasteiger partial charge is 0.444 e. The molecule has 26 heavy (non-hydrogen) atoms. The Kier molecular flexibility index (Phi) is 7.28. The third-order valence-corrected chi connectivity index (χ3v) is 4.48. The fourth-order valence-electron chi connectivity index (χ4n) is 2.26. The molecule has 0 unspecified atom stereocenters. The highest BCUT2D eigenvalue weighted by Crippen LogP contribution is 2.26. The van der Waals surface area contributed by atoms with Gasteiger partial charge < -0.3 is 9.47 Å². The normalized spacial score (nSPS) is 14.0. The maximum absolute atomic E-state index is 12.4. The van der Waals surface area contributed by atoms with Crippen molar-refractivity contribution in [3.05, 3.63) is 61.2 Å². The number of hydrazine groups is 1. The first-order valence-electron chi connectivity index (χ1n) is 7.93. The van der Waals surface area contributed by atoms with Crippen LogP contribution in [0.4, 0.5) is 9.59 Å². The molecule has 0 saturated carbocycles. The maximum Gasteiger partial charge on any atom is 0.429 e. The number of nitrogens with zero attached hydrogens (tertiary/aromatic N) is 2. The van der Waals surface area contributed by atoms with E-state index in [0.29, 0.717) is 5.56 Å². The highest BCUT2D eigenvalue weighted by Gasteiger charge is 2.40. The van der Waals surface area contributed by atoms with Gasteiger partial charge in [0.25, 0.3) is 0 Å². The summed E-state index contributed by atoms with van der Waals surface area (Å²) in [6.07, 6.45) is 1.46. The Morgan fingerprint density at radius 1 is 1.00 bits per heavy atom. The van der Waals surface area contributed by atoms with Gasteiger partial charge in [-0.15, -0.1) is 0 Å². The highest BCUT2D eigenvalue weighted by atomic mass is 32.2. The van der Waals surface area contributed by atoms with Crippen molar-refractivity contribution in [2.45, 2.75) is 5.25 Å². The number of thioether (sulfide) groups is 1. The Hall–Kier alpha value is -2.74. The summed E-state index contributed by atoms with van der Waals surface area (Å²) in [5.41, 5.74) is 0.561. The molecule has 0 atom stereocenters. The zero-order valence-corrected chi connectivity index (χ0v) is 15.0. The van der Waals surface area contributed by atoms with Crippen LogP contribution in [-0.2, 0) is 9.47 Å². The van der Waals surface area contributed by atoms with Crippen LogP contribution in [0.1, 0.15) is 10.4 Å². The fourth-order valence-corrected chi connectivity index (χ4v) is 3.27. The molecule has 138 valence electrons. The Labute approximate surface area is 156 Å². The van der Waals surface area contributed by atoms with E-state index in [1.807, 2.05) is 6.07 Å². The number of hydrogen-bond donors (Lipinski definition) is 0. The summed E-state index contributed by atoms with van der Waals surface area (Å²) < 4.78 is 10.0. The number of carbonyl (C=O) groups excluding carboxylic acids is 3. The predicted octanol–water partition coefficient (Wildman–Crippen LogP) is 3.11. The molecule has 1 fully saturated rings. The van der Waals surface area contributed by atoms with Gasteiger partial charge >= 0.3 is 12.2 Å². The smallest absolute Gasteiger partial charge is 0.429 e. The van der Waals surface area contributed by atoms with Crippen LogP contribution in [-0.4, -0.2) is 58.9 Å². The summed E-state index contributed by atoms with van der Waals surface area (Å²) in [7, 11) is 0. The van der Waals surface area contributed by atoms with E-state index in [-0.39, 0.29) is 36.7 Å². The Balaban J connectivity index is 2.06. The number of rotatable bonds is 6. The van der Waals surface area contributed by atoms with Crippen LogP contribution in [0.25, 0.3) is 0 Å². The third-order valence-electron chi connectivity index (χ3n) is 3.40. The first-order valence-corrected chi connectivity index (χ1v) is 8.81. The van der Waals surface area contributed by atoms with E-state index in [1.165, 1.54) is 12.2 Å². The minimum absolute atomic E-state index is 0.0195. The van der Waals surface area contributed by atoms with Crippen LogP contribution < -0.4 is 0 Å². The molecule has 1 saturated heterocycles. The molecule has 7 nitrogen and oxygen atoms in total. The lowest BCUT2D eigenvalue weighted by molar-refractivity contribution is 0.0126. The van der Waals surface area contributed by atoms with Crippen molar-refractivity contribution in [1.29, 1.82) is 0 Å². The van der Waals surface area contributed by atoms with Crippen molar-refractivity contribution in [3.63, 3.8) is 0 Å². The van der Waals surface area contributed by atoms with Crippen molar-refractivity contribution < 1.29 is 23.9 Å². The molecular weight excluding hydrogens is 356 g/mol. The number of benzene rings is 1. The molecule has 0 N–H and O–H groups in total. The lowest BCUT2D eigenvalue weighted by Gasteiger charge is -2.25. The van der Waals surface area contributed by atoms with Gasteiger partial charge in [-0.1, -0.05) is 67.4 Å². The van der Waals surface area contributed by atoms with E-state index >= 15 is 0 Å². The average Bonchev–Trinajstić information content (AvgIpc) is 3.08. The second-order valence-corrected chi connectivity index (χ2v) is 6.56. The molecule has 0 aliphatic carbocycles. The van der Waals surface area contributed by atoms with Gasteiger partial charge in [-0.05, 0) is 0 Å². The standard InChI is InChI=1S/C18H20N2O5S/c1-3-10-24-17(22)19-12-15(13-20(19)18(23)25-11-4-2)26-16(21)14-8-6-5-7-9-14/h3-9,15H,1-2,10-13H2. The molecule has 8 heteroatoms. The minimum atomic E-state index is -0.698. The van der Waals surface area contributed by atoms with Gasteiger partial charge in [-0.2, -0.15) is 0 Å². The van der Waals surface area contributed by atoms with Crippen molar-refractivity contribution >= 4 is 29.1 Å². The molecule has 1 aromatic carbocycles. The highest BCUT2D eigenvalue weighted by molar-refractivity contribution is 8.14. The number of ether oxygens (including phenoxy) is 2. The molecule has 0 aromatic heterocycles. The molecule has 0 spiro atoms. The number of carbonyl (C=O) groups is 3. The predicted molar refractivity (Wildman–Crippen MR) is 98.7 cm³/mol. The SMILES string of the molecule is C=CCOC(=O)N1CC(SC(=O)c2ccccc2)CN1C(=O)OCC=C. The summed E-state index contributed by atoms with van der Waals surface area (Å²) >= 11 is 1.07. The zero-order valence-electron chi connectivity index (χ0n) is 14.2. The van der Waals surface area contributed by atoms with Gasteiger partial charge in [0.05, 0.1) is 18.3 Å². The second-order valence-electron chi connectivity index (χ2n) is 5.29. The van der Waals surface area contributed by atoms with E-state index in [2.05, 4.69) is 13.2 Å². The first-order chi connectivity index (χ1) is 12.6. The summed E-state index contributed by atoms with van der Waals surface area (Å²) in [5.74, 6) is 0. The van der Waals surface area contributed by atoms with Crippen LogP contribution in [0.5, 0.6) is 0 Å². The van der Waals surface area contributed by atoms with Gasteiger partial charge in [-0.25, -0.2) is 19.6 Å². The van der Waals surface area contributed by atoms with Crippen molar-refractivity contribution in [2.24, 2.45) is 0 Å². The van der Waals surface area contributed by atoms with Gasteiger partial charge in [0, 0.05) is 5.56 Å². The quantitative estimate of drug-likeness (QED) is 0.710. The van der Waals surface area contributed by atoms with E-state index in [0.717, 1.165) is 21.8 Å². The van der Waals surface area contributed by atoms with Crippen LogP contribution in [0.2, 0.25) is 0 Å². The van der Waals surface area contributed by atoms with Gasteiger partial charge in [0.2, 0.25) is 5.12 Å². The van der Waals surface area contributed by atoms with Crippen LogP contribution >= 0.6 is 11.8 Å². The Morgan fingerprint density at radius 2 is 1.50 bits per heavy atom. The first kappa shape index (κ1) is 19.6. The molecule has 1 aliphatic heterocycles. The lowest BCUT2D eigenvalue weighted by Crippen LogP contribution is -2.45. The molecule has 2 rings (SSSR count). The summed E-state index contributed by atoms with van der Waals surface area (Å²) in [4.78, 5) is 36.7. The van der Waals surface area contributed by atoms with Crippen LogP contribution in [0.3, 0.4) is 0 Å². The van der Waals surface area contributed by atoms with Crippen molar-refractivity contribution in [3.8, 4) is 0 Å². The summed E-state index contributed by atoms with van der Waals surface area (Å²) in [5, 5.41) is 1.86. The Bertz CT molecular complexity index is 647. The third kappa shape index (κ3) is 5.13. The summed E-state index contributed by atoms with van der Waals surface area (Å²) in [6.45, 7) is 7.31. The van der Waals surface area contributed by atoms with Gasteiger partial charge in [-0.3, -0.25) is 4.79 Å². The maximum atomic E-state index is 12.4. The van der Waals surface area contributed by atoms with Crippen LogP contribution in [0, 0.1) is 0 Å². The fraction of sp³-hybridized carbons (Fsp3) is 0.278.